The summed E-state index contributed by atoms with van der Waals surface area (Å²) in [5, 5.41) is 4.37. The van der Waals surface area contributed by atoms with Gasteiger partial charge in [-0.25, -0.2) is 9.37 Å². The Kier molecular flexibility index (Phi) is 8.30. The number of hydrogen-bond donors (Lipinski definition) is 1. The van der Waals surface area contributed by atoms with Gasteiger partial charge in [0.15, 0.2) is 5.16 Å². The molecule has 1 N–H and O–H groups in total. The van der Waals surface area contributed by atoms with Crippen molar-refractivity contribution in [3.63, 3.8) is 0 Å². The molecule has 0 fully saturated rings. The van der Waals surface area contributed by atoms with Crippen LogP contribution < -0.4 is 10.9 Å². The minimum atomic E-state index is -0.373. The number of ether oxygens (including phenoxy) is 1. The second-order valence-electron chi connectivity index (χ2n) is 6.34. The average Bonchev–Trinajstić information content (AvgIpc) is 2.75. The maximum atomic E-state index is 13.4. The van der Waals surface area contributed by atoms with Crippen molar-refractivity contribution in [2.45, 2.75) is 11.6 Å². The topological polar surface area (TPSA) is 73.2 Å². The SMILES string of the molecule is COCCCNC(=O)CSCSc1nc2ccccc2c(=O)n1-c1ccc(F)cc1. The van der Waals surface area contributed by atoms with Crippen LogP contribution in [0.25, 0.3) is 16.6 Å². The van der Waals surface area contributed by atoms with Crippen LogP contribution in [0, 0.1) is 5.82 Å². The van der Waals surface area contributed by atoms with Crippen molar-refractivity contribution in [3.8, 4) is 5.69 Å². The number of carbonyl (C=O) groups is 1. The molecule has 0 atom stereocenters. The van der Waals surface area contributed by atoms with Gasteiger partial charge < -0.3 is 10.1 Å². The summed E-state index contributed by atoms with van der Waals surface area (Å²) in [6.07, 6.45) is 0.770. The van der Waals surface area contributed by atoms with Gasteiger partial charge in [-0.1, -0.05) is 23.9 Å². The lowest BCUT2D eigenvalue weighted by atomic mass is 10.2. The smallest absolute Gasteiger partial charge is 0.266 e. The van der Waals surface area contributed by atoms with E-state index in [9.17, 15) is 14.0 Å². The highest BCUT2D eigenvalue weighted by molar-refractivity contribution is 8.16. The Balaban J connectivity index is 1.73. The zero-order valence-corrected chi connectivity index (χ0v) is 18.1. The summed E-state index contributed by atoms with van der Waals surface area (Å²) >= 11 is 2.81. The lowest BCUT2D eigenvalue weighted by molar-refractivity contribution is -0.118. The Labute approximate surface area is 182 Å². The maximum Gasteiger partial charge on any atom is 0.266 e. The number of aromatic nitrogens is 2. The molecule has 3 rings (SSSR count). The highest BCUT2D eigenvalue weighted by Crippen LogP contribution is 2.24. The Hall–Kier alpha value is -2.36. The number of methoxy groups -OCH3 is 1. The van der Waals surface area contributed by atoms with E-state index < -0.39 is 0 Å². The Morgan fingerprint density at radius 3 is 2.73 bits per heavy atom. The zero-order valence-electron chi connectivity index (χ0n) is 16.5. The number of hydrogen-bond acceptors (Lipinski definition) is 6. The number of thioether (sulfide) groups is 2. The van der Waals surface area contributed by atoms with Gasteiger partial charge in [0.1, 0.15) is 5.82 Å². The summed E-state index contributed by atoms with van der Waals surface area (Å²) in [6, 6.07) is 12.9. The summed E-state index contributed by atoms with van der Waals surface area (Å²) in [4.78, 5) is 29.6. The van der Waals surface area contributed by atoms with Crippen molar-refractivity contribution in [2.24, 2.45) is 0 Å². The predicted molar refractivity (Wildman–Crippen MR) is 120 cm³/mol. The highest BCUT2D eigenvalue weighted by Gasteiger charge is 2.13. The van der Waals surface area contributed by atoms with Gasteiger partial charge in [-0.15, -0.1) is 11.8 Å². The summed E-state index contributed by atoms with van der Waals surface area (Å²) in [5.74, 6) is -0.102. The molecule has 6 nitrogen and oxygen atoms in total. The number of benzene rings is 2. The standard InChI is InChI=1S/C21H22FN3O3S2/c1-28-12-4-11-23-19(26)13-29-14-30-21-24-18-6-3-2-5-17(18)20(27)25(21)16-9-7-15(22)8-10-16/h2-3,5-10H,4,11-14H2,1H3,(H,23,26). The molecule has 30 heavy (non-hydrogen) atoms. The molecule has 0 radical (unpaired) electrons. The van der Waals surface area contributed by atoms with Crippen molar-refractivity contribution in [1.82, 2.24) is 14.9 Å². The number of para-hydroxylation sites is 1. The largest absolute Gasteiger partial charge is 0.385 e. The second-order valence-corrected chi connectivity index (χ2v) is 8.63. The molecule has 1 aromatic heterocycles. The van der Waals surface area contributed by atoms with Crippen LogP contribution in [0.1, 0.15) is 6.42 Å². The molecule has 0 aliphatic rings. The van der Waals surface area contributed by atoms with E-state index in [1.807, 2.05) is 6.07 Å². The minimum absolute atomic E-state index is 0.0425. The lowest BCUT2D eigenvalue weighted by Gasteiger charge is -2.13. The fourth-order valence-corrected chi connectivity index (χ4v) is 4.61. The van der Waals surface area contributed by atoms with Gasteiger partial charge in [-0.2, -0.15) is 0 Å². The lowest BCUT2D eigenvalue weighted by Crippen LogP contribution is -2.26. The number of amides is 1. The monoisotopic (exact) mass is 447 g/mol. The summed E-state index contributed by atoms with van der Waals surface area (Å²) in [5.41, 5.74) is 0.933. The first-order valence-electron chi connectivity index (χ1n) is 9.34. The predicted octanol–water partition coefficient (Wildman–Crippen LogP) is 3.46. The quantitative estimate of drug-likeness (QED) is 0.222. The van der Waals surface area contributed by atoms with Gasteiger partial charge >= 0.3 is 0 Å². The summed E-state index contributed by atoms with van der Waals surface area (Å²) in [6.45, 7) is 1.19. The summed E-state index contributed by atoms with van der Waals surface area (Å²) < 4.78 is 19.8. The van der Waals surface area contributed by atoms with Gasteiger partial charge in [0.25, 0.3) is 5.56 Å². The molecule has 0 unspecified atom stereocenters. The fourth-order valence-electron chi connectivity index (χ4n) is 2.75. The first kappa shape index (κ1) is 22.3. The van der Waals surface area contributed by atoms with E-state index in [1.54, 1.807) is 37.4 Å². The molecule has 3 aromatic rings. The Morgan fingerprint density at radius 2 is 1.97 bits per heavy atom. The number of nitrogens with zero attached hydrogens (tertiary/aromatic N) is 2. The molecule has 0 saturated heterocycles. The number of rotatable bonds is 10. The number of fused-ring (bicyclic) bond motifs is 1. The molecule has 1 amide bonds. The molecule has 1 heterocycles. The van der Waals surface area contributed by atoms with Gasteiger partial charge in [-0.3, -0.25) is 14.2 Å². The van der Waals surface area contributed by atoms with Gasteiger partial charge in [0.05, 0.1) is 22.3 Å². The molecule has 0 spiro atoms. The van der Waals surface area contributed by atoms with Crippen LogP contribution in [0.2, 0.25) is 0 Å². The van der Waals surface area contributed by atoms with Crippen molar-refractivity contribution in [3.05, 3.63) is 64.7 Å². The molecule has 9 heteroatoms. The number of nitrogens with one attached hydrogen (secondary N) is 1. The normalized spacial score (nSPS) is 11.0. The third-order valence-electron chi connectivity index (χ3n) is 4.18. The average molecular weight is 448 g/mol. The van der Waals surface area contributed by atoms with Crippen LogP contribution in [0.15, 0.2) is 58.5 Å². The van der Waals surface area contributed by atoms with E-state index in [4.69, 9.17) is 4.74 Å². The third-order valence-corrected chi connectivity index (χ3v) is 6.32. The number of halogens is 1. The van der Waals surface area contributed by atoms with E-state index >= 15 is 0 Å². The Morgan fingerprint density at radius 1 is 1.20 bits per heavy atom. The fraction of sp³-hybridized carbons (Fsp3) is 0.286. The molecular weight excluding hydrogens is 425 g/mol. The van der Waals surface area contributed by atoms with E-state index in [-0.39, 0.29) is 17.3 Å². The second kappa shape index (κ2) is 11.1. The van der Waals surface area contributed by atoms with E-state index in [1.165, 1.54) is 40.2 Å². The molecule has 2 aromatic carbocycles. The first-order valence-corrected chi connectivity index (χ1v) is 11.5. The molecule has 0 aliphatic carbocycles. The maximum absolute atomic E-state index is 13.4. The molecular formula is C21H22FN3O3S2. The first-order chi connectivity index (χ1) is 14.6. The van der Waals surface area contributed by atoms with E-state index in [0.29, 0.717) is 45.7 Å². The van der Waals surface area contributed by atoms with Crippen molar-refractivity contribution >= 4 is 40.3 Å². The Bertz CT molecular complexity index is 1060. The van der Waals surface area contributed by atoms with Crippen LogP contribution in [0.5, 0.6) is 0 Å². The van der Waals surface area contributed by atoms with Crippen LogP contribution in [0.3, 0.4) is 0 Å². The highest BCUT2D eigenvalue weighted by atomic mass is 32.2. The van der Waals surface area contributed by atoms with Crippen molar-refractivity contribution in [1.29, 1.82) is 0 Å². The van der Waals surface area contributed by atoms with Crippen LogP contribution in [0.4, 0.5) is 4.39 Å². The number of carbonyl (C=O) groups excluding carboxylic acids is 1. The zero-order chi connectivity index (χ0) is 21.3. The van der Waals surface area contributed by atoms with Gasteiger partial charge in [0, 0.05) is 25.3 Å². The molecule has 0 aliphatic heterocycles. The third kappa shape index (κ3) is 5.84. The molecule has 0 saturated carbocycles. The van der Waals surface area contributed by atoms with Gasteiger partial charge in [-0.05, 0) is 42.8 Å². The summed E-state index contributed by atoms with van der Waals surface area (Å²) in [7, 11) is 1.63. The van der Waals surface area contributed by atoms with Crippen LogP contribution in [-0.2, 0) is 9.53 Å². The van der Waals surface area contributed by atoms with Crippen LogP contribution in [-0.4, -0.2) is 46.6 Å². The van der Waals surface area contributed by atoms with E-state index in [0.717, 1.165) is 6.42 Å². The van der Waals surface area contributed by atoms with Gasteiger partial charge in [0.2, 0.25) is 5.91 Å². The van der Waals surface area contributed by atoms with Crippen molar-refractivity contribution < 1.29 is 13.9 Å². The van der Waals surface area contributed by atoms with Crippen molar-refractivity contribution in [2.75, 3.05) is 31.1 Å². The molecule has 0 bridgehead atoms. The van der Waals surface area contributed by atoms with Crippen LogP contribution >= 0.6 is 23.5 Å². The minimum Gasteiger partial charge on any atom is -0.385 e. The molecule has 158 valence electrons. The van der Waals surface area contributed by atoms with E-state index in [2.05, 4.69) is 10.3 Å².